The van der Waals surface area contributed by atoms with E-state index in [4.69, 9.17) is 16.3 Å². The summed E-state index contributed by atoms with van der Waals surface area (Å²) in [6.45, 7) is 0. The first-order chi connectivity index (χ1) is 14.9. The molecule has 0 saturated heterocycles. The van der Waals surface area contributed by atoms with Crippen molar-refractivity contribution >= 4 is 44.2 Å². The Hall–Kier alpha value is -3.61. The molecule has 0 amide bonds. The number of benzene rings is 2. The van der Waals surface area contributed by atoms with E-state index in [2.05, 4.69) is 15.3 Å². The number of halogens is 1. The topological polar surface area (TPSA) is 110 Å². The molecule has 0 aliphatic rings. The third kappa shape index (κ3) is 4.17. The van der Waals surface area contributed by atoms with Gasteiger partial charge in [-0.1, -0.05) is 30.3 Å². The summed E-state index contributed by atoms with van der Waals surface area (Å²) in [5.74, 6) is 0.642. The van der Waals surface area contributed by atoms with Gasteiger partial charge in [-0.15, -0.1) is 0 Å². The highest BCUT2D eigenvalue weighted by Crippen LogP contribution is 2.31. The van der Waals surface area contributed by atoms with Crippen molar-refractivity contribution in [2.45, 2.75) is 5.75 Å². The van der Waals surface area contributed by atoms with E-state index in [1.165, 1.54) is 6.20 Å². The van der Waals surface area contributed by atoms with Crippen LogP contribution in [-0.4, -0.2) is 29.5 Å². The van der Waals surface area contributed by atoms with Crippen molar-refractivity contribution in [3.63, 3.8) is 0 Å². The number of nitriles is 1. The highest BCUT2D eigenvalue weighted by Gasteiger charge is 2.24. The molecular weight excluding hydrogens is 438 g/mol. The normalized spacial score (nSPS) is 11.3. The molecule has 4 rings (SSSR count). The van der Waals surface area contributed by atoms with Gasteiger partial charge in [0.05, 0.1) is 23.8 Å². The first kappa shape index (κ1) is 20.7. The Morgan fingerprint density at radius 1 is 1.13 bits per heavy atom. The number of ether oxygens (including phenoxy) is 1. The van der Waals surface area contributed by atoms with Crippen molar-refractivity contribution in [3.05, 3.63) is 77.2 Å². The van der Waals surface area contributed by atoms with Gasteiger partial charge in [0.15, 0.2) is 5.65 Å². The minimum Gasteiger partial charge on any atom is -0.497 e. The molecule has 4 aromatic rings. The Morgan fingerprint density at radius 3 is 2.48 bits per heavy atom. The zero-order valence-electron chi connectivity index (χ0n) is 16.3. The van der Waals surface area contributed by atoms with Crippen molar-refractivity contribution < 1.29 is 13.2 Å². The van der Waals surface area contributed by atoms with Crippen molar-refractivity contribution in [2.24, 2.45) is 0 Å². The molecule has 10 heteroatoms. The van der Waals surface area contributed by atoms with Crippen LogP contribution in [0, 0.1) is 11.3 Å². The van der Waals surface area contributed by atoms with E-state index >= 15 is 0 Å². The molecule has 0 spiro atoms. The number of methoxy groups -OCH3 is 1. The standard InChI is InChI=1S/C21H16ClN5O3S/c1-30-17-9-7-16(8-10-17)24-19-18-15(11-23)12-27(20(18)26-21(22)25-19)31(28,29)13-14-5-3-2-4-6-14/h2-10,12H,13H2,1H3,(H,24,25,26). The molecule has 2 heterocycles. The zero-order chi connectivity index (χ0) is 22.0. The first-order valence-corrected chi connectivity index (χ1v) is 11.1. The fraction of sp³-hybridized carbons (Fsp3) is 0.0952. The van der Waals surface area contributed by atoms with Gasteiger partial charge in [0.25, 0.3) is 0 Å². The van der Waals surface area contributed by atoms with Crippen LogP contribution in [0.3, 0.4) is 0 Å². The number of nitrogens with zero attached hydrogens (tertiary/aromatic N) is 4. The Morgan fingerprint density at radius 2 is 1.84 bits per heavy atom. The van der Waals surface area contributed by atoms with Gasteiger partial charge in [0.1, 0.15) is 17.6 Å². The summed E-state index contributed by atoms with van der Waals surface area (Å²) >= 11 is 6.10. The highest BCUT2D eigenvalue weighted by atomic mass is 35.5. The van der Waals surface area contributed by atoms with Crippen LogP contribution in [-0.2, 0) is 15.8 Å². The number of fused-ring (bicyclic) bond motifs is 1. The summed E-state index contributed by atoms with van der Waals surface area (Å²) in [4.78, 5) is 8.29. The van der Waals surface area contributed by atoms with E-state index in [9.17, 15) is 13.7 Å². The van der Waals surface area contributed by atoms with Crippen molar-refractivity contribution in [2.75, 3.05) is 12.4 Å². The monoisotopic (exact) mass is 453 g/mol. The number of rotatable bonds is 6. The molecular formula is C21H16ClN5O3S. The lowest BCUT2D eigenvalue weighted by Crippen LogP contribution is -2.15. The third-order valence-electron chi connectivity index (χ3n) is 4.55. The summed E-state index contributed by atoms with van der Waals surface area (Å²) < 4.78 is 32.4. The summed E-state index contributed by atoms with van der Waals surface area (Å²) in [5, 5.41) is 12.8. The maximum Gasteiger partial charge on any atom is 0.244 e. The number of hydrogen-bond acceptors (Lipinski definition) is 7. The van der Waals surface area contributed by atoms with E-state index in [0.29, 0.717) is 17.0 Å². The van der Waals surface area contributed by atoms with E-state index in [0.717, 1.165) is 3.97 Å². The molecule has 0 radical (unpaired) electrons. The molecule has 0 aliphatic heterocycles. The Kier molecular flexibility index (Phi) is 5.50. The summed E-state index contributed by atoms with van der Waals surface area (Å²) in [5.41, 5.74) is 1.41. The molecule has 0 atom stereocenters. The average molecular weight is 454 g/mol. The summed E-state index contributed by atoms with van der Waals surface area (Å²) in [6, 6.07) is 17.8. The summed E-state index contributed by atoms with van der Waals surface area (Å²) in [6.07, 6.45) is 1.24. The van der Waals surface area contributed by atoms with E-state index in [1.54, 1.807) is 61.7 Å². The van der Waals surface area contributed by atoms with Crippen LogP contribution >= 0.6 is 11.6 Å². The SMILES string of the molecule is COc1ccc(Nc2nc(Cl)nc3c2c(C#N)cn3S(=O)(=O)Cc2ccccc2)cc1. The number of anilines is 2. The lowest BCUT2D eigenvalue weighted by atomic mass is 10.2. The second kappa shape index (κ2) is 8.26. The van der Waals surface area contributed by atoms with Crippen LogP contribution < -0.4 is 10.1 Å². The largest absolute Gasteiger partial charge is 0.497 e. The maximum absolute atomic E-state index is 13.1. The lowest BCUT2D eigenvalue weighted by molar-refractivity contribution is 0.415. The number of nitrogens with one attached hydrogen (secondary N) is 1. The Bertz CT molecular complexity index is 1400. The van der Waals surface area contributed by atoms with Gasteiger partial charge in [-0.05, 0) is 41.4 Å². The molecule has 0 aliphatic carbocycles. The molecule has 0 unspecified atom stereocenters. The van der Waals surface area contributed by atoms with Crippen molar-refractivity contribution in [1.29, 1.82) is 5.26 Å². The van der Waals surface area contributed by atoms with Gasteiger partial charge in [-0.3, -0.25) is 0 Å². The molecule has 156 valence electrons. The minimum atomic E-state index is -3.87. The van der Waals surface area contributed by atoms with Gasteiger partial charge >= 0.3 is 0 Å². The first-order valence-electron chi connectivity index (χ1n) is 9.08. The number of hydrogen-bond donors (Lipinski definition) is 1. The predicted octanol–water partition coefficient (Wildman–Crippen LogP) is 4.09. The fourth-order valence-corrected chi connectivity index (χ4v) is 4.70. The molecule has 2 aromatic heterocycles. The second-order valence-corrected chi connectivity index (χ2v) is 8.77. The van der Waals surface area contributed by atoms with Gasteiger partial charge < -0.3 is 10.1 Å². The van der Waals surface area contributed by atoms with Crippen LogP contribution in [0.2, 0.25) is 5.28 Å². The van der Waals surface area contributed by atoms with Crippen LogP contribution in [0.1, 0.15) is 11.1 Å². The number of aromatic nitrogens is 3. The summed E-state index contributed by atoms with van der Waals surface area (Å²) in [7, 11) is -2.31. The van der Waals surface area contributed by atoms with Gasteiger partial charge in [-0.2, -0.15) is 15.2 Å². The van der Waals surface area contributed by atoms with Crippen LogP contribution in [0.4, 0.5) is 11.5 Å². The van der Waals surface area contributed by atoms with E-state index in [-0.39, 0.29) is 33.5 Å². The fourth-order valence-electron chi connectivity index (χ4n) is 3.13. The van der Waals surface area contributed by atoms with Crippen molar-refractivity contribution in [3.8, 4) is 11.8 Å². The predicted molar refractivity (Wildman–Crippen MR) is 118 cm³/mol. The van der Waals surface area contributed by atoms with Crippen molar-refractivity contribution in [1.82, 2.24) is 13.9 Å². The minimum absolute atomic E-state index is 0.0310. The molecule has 31 heavy (non-hydrogen) atoms. The van der Waals surface area contributed by atoms with Crippen LogP contribution in [0.15, 0.2) is 60.8 Å². The molecule has 0 bridgehead atoms. The van der Waals surface area contributed by atoms with Gasteiger partial charge in [-0.25, -0.2) is 12.4 Å². The smallest absolute Gasteiger partial charge is 0.244 e. The Balaban J connectivity index is 1.83. The molecule has 1 N–H and O–H groups in total. The average Bonchev–Trinajstić information content (AvgIpc) is 3.14. The Labute approximate surface area is 183 Å². The van der Waals surface area contributed by atoms with Gasteiger partial charge in [0, 0.05) is 11.9 Å². The van der Waals surface area contributed by atoms with E-state index in [1.807, 2.05) is 6.07 Å². The molecule has 0 saturated carbocycles. The van der Waals surface area contributed by atoms with Crippen LogP contribution in [0.25, 0.3) is 11.0 Å². The molecule has 2 aromatic carbocycles. The third-order valence-corrected chi connectivity index (χ3v) is 6.30. The highest BCUT2D eigenvalue weighted by molar-refractivity contribution is 7.89. The lowest BCUT2D eigenvalue weighted by Gasteiger charge is -2.10. The maximum atomic E-state index is 13.1. The van der Waals surface area contributed by atoms with Crippen LogP contribution in [0.5, 0.6) is 5.75 Å². The molecule has 0 fully saturated rings. The van der Waals surface area contributed by atoms with Gasteiger partial charge in [0.2, 0.25) is 15.3 Å². The van der Waals surface area contributed by atoms with E-state index < -0.39 is 10.0 Å². The second-order valence-electron chi connectivity index (χ2n) is 6.59. The molecule has 8 nitrogen and oxygen atoms in total. The quantitative estimate of drug-likeness (QED) is 0.438. The zero-order valence-corrected chi connectivity index (χ0v) is 17.9.